The van der Waals surface area contributed by atoms with Crippen LogP contribution in [-0.2, 0) is 9.84 Å². The lowest BCUT2D eigenvalue weighted by Crippen LogP contribution is -2.04. The van der Waals surface area contributed by atoms with Crippen molar-refractivity contribution < 1.29 is 22.7 Å². The number of ether oxygens (including phenoxy) is 2. The van der Waals surface area contributed by atoms with E-state index in [0.29, 0.717) is 28.2 Å². The minimum Gasteiger partial charge on any atom is -0.454 e. The Bertz CT molecular complexity index is 1160. The number of carbonyl (C=O) groups is 1. The third-order valence-corrected chi connectivity index (χ3v) is 5.79. The SMILES string of the molecule is Cc1ccc(C(=O)c2cc3c(cc2-c2ccc(S(C)(=O)=O)cc2)OCO3)cc1. The summed E-state index contributed by atoms with van der Waals surface area (Å²) in [5, 5.41) is 0. The van der Waals surface area contributed by atoms with Crippen LogP contribution < -0.4 is 9.47 Å². The number of ketones is 1. The van der Waals surface area contributed by atoms with E-state index < -0.39 is 9.84 Å². The smallest absolute Gasteiger partial charge is 0.231 e. The van der Waals surface area contributed by atoms with Crippen molar-refractivity contribution in [1.82, 2.24) is 0 Å². The molecular weight excluding hydrogens is 376 g/mol. The highest BCUT2D eigenvalue weighted by atomic mass is 32.2. The van der Waals surface area contributed by atoms with Crippen molar-refractivity contribution >= 4 is 15.6 Å². The maximum absolute atomic E-state index is 13.2. The van der Waals surface area contributed by atoms with Crippen LogP contribution >= 0.6 is 0 Å². The Morgan fingerprint density at radius 1 is 0.893 bits per heavy atom. The molecule has 0 bridgehead atoms. The van der Waals surface area contributed by atoms with Gasteiger partial charge in [-0.2, -0.15) is 0 Å². The Hall–Kier alpha value is -3.12. The highest BCUT2D eigenvalue weighted by Crippen LogP contribution is 2.39. The standard InChI is InChI=1S/C22H18O5S/c1-14-3-5-16(6-4-14)22(23)19-12-21-20(26-13-27-21)11-18(19)15-7-9-17(10-8-15)28(2,24)25/h3-12H,13H2,1-2H3. The summed E-state index contributed by atoms with van der Waals surface area (Å²) in [5.74, 6) is 0.940. The van der Waals surface area contributed by atoms with Crippen molar-refractivity contribution in [3.8, 4) is 22.6 Å². The van der Waals surface area contributed by atoms with Crippen LogP contribution in [0.1, 0.15) is 21.5 Å². The largest absolute Gasteiger partial charge is 0.454 e. The summed E-state index contributed by atoms with van der Waals surface area (Å²) in [6.45, 7) is 2.06. The van der Waals surface area contributed by atoms with Gasteiger partial charge in [0.1, 0.15) is 0 Å². The lowest BCUT2D eigenvalue weighted by molar-refractivity contribution is 0.103. The summed E-state index contributed by atoms with van der Waals surface area (Å²) < 4.78 is 34.4. The predicted octanol–water partition coefficient (Wildman–Crippen LogP) is 4.03. The summed E-state index contributed by atoms with van der Waals surface area (Å²) in [5.41, 5.74) is 3.49. The number of hydrogen-bond donors (Lipinski definition) is 0. The lowest BCUT2D eigenvalue weighted by atomic mass is 9.93. The van der Waals surface area contributed by atoms with Crippen molar-refractivity contribution in [2.75, 3.05) is 13.0 Å². The minimum atomic E-state index is -3.30. The molecule has 5 nitrogen and oxygen atoms in total. The molecule has 28 heavy (non-hydrogen) atoms. The van der Waals surface area contributed by atoms with E-state index in [4.69, 9.17) is 9.47 Å². The quantitative estimate of drug-likeness (QED) is 0.625. The van der Waals surface area contributed by atoms with Gasteiger partial charge in [0.2, 0.25) is 6.79 Å². The lowest BCUT2D eigenvalue weighted by Gasteiger charge is -2.12. The fourth-order valence-electron chi connectivity index (χ4n) is 3.11. The van der Waals surface area contributed by atoms with Crippen molar-refractivity contribution in [3.63, 3.8) is 0 Å². The third-order valence-electron chi connectivity index (χ3n) is 4.66. The predicted molar refractivity (Wildman–Crippen MR) is 106 cm³/mol. The Balaban J connectivity index is 1.84. The average molecular weight is 394 g/mol. The molecule has 0 saturated carbocycles. The van der Waals surface area contributed by atoms with Gasteiger partial charge in [0.05, 0.1) is 4.90 Å². The van der Waals surface area contributed by atoms with E-state index in [1.165, 1.54) is 12.1 Å². The van der Waals surface area contributed by atoms with E-state index in [-0.39, 0.29) is 17.5 Å². The second-order valence-corrected chi connectivity index (χ2v) is 8.76. The maximum Gasteiger partial charge on any atom is 0.231 e. The normalized spacial score (nSPS) is 12.8. The summed E-state index contributed by atoms with van der Waals surface area (Å²) in [6, 6.07) is 17.3. The summed E-state index contributed by atoms with van der Waals surface area (Å²) in [4.78, 5) is 13.4. The molecular formula is C22H18O5S. The molecule has 0 unspecified atom stereocenters. The van der Waals surface area contributed by atoms with Crippen LogP contribution in [0.2, 0.25) is 0 Å². The van der Waals surface area contributed by atoms with Crippen molar-refractivity contribution in [1.29, 1.82) is 0 Å². The number of hydrogen-bond acceptors (Lipinski definition) is 5. The molecule has 6 heteroatoms. The first kappa shape index (κ1) is 18.3. The van der Waals surface area contributed by atoms with Gasteiger partial charge in [-0.05, 0) is 42.3 Å². The van der Waals surface area contributed by atoms with Crippen molar-refractivity contribution in [2.45, 2.75) is 11.8 Å². The molecule has 3 aromatic carbocycles. The number of fused-ring (bicyclic) bond motifs is 1. The third kappa shape index (κ3) is 3.39. The van der Waals surface area contributed by atoms with Crippen molar-refractivity contribution in [3.05, 3.63) is 77.4 Å². The van der Waals surface area contributed by atoms with Crippen LogP contribution in [0.3, 0.4) is 0 Å². The first-order valence-corrected chi connectivity index (χ1v) is 10.6. The maximum atomic E-state index is 13.2. The fourth-order valence-corrected chi connectivity index (χ4v) is 3.74. The first-order chi connectivity index (χ1) is 13.3. The van der Waals surface area contributed by atoms with Crippen LogP contribution in [0.25, 0.3) is 11.1 Å². The van der Waals surface area contributed by atoms with Crippen LogP contribution in [-0.4, -0.2) is 27.2 Å². The van der Waals surface area contributed by atoms with E-state index in [1.807, 2.05) is 19.1 Å². The van der Waals surface area contributed by atoms with Gasteiger partial charge in [-0.25, -0.2) is 8.42 Å². The van der Waals surface area contributed by atoms with Crippen LogP contribution in [0, 0.1) is 6.92 Å². The second-order valence-electron chi connectivity index (χ2n) is 6.74. The molecule has 0 aromatic heterocycles. The van der Waals surface area contributed by atoms with Gasteiger partial charge in [0.25, 0.3) is 0 Å². The highest BCUT2D eigenvalue weighted by molar-refractivity contribution is 7.90. The van der Waals surface area contributed by atoms with Gasteiger partial charge in [0, 0.05) is 17.4 Å². The Kier molecular flexibility index (Phi) is 4.43. The minimum absolute atomic E-state index is 0.101. The molecule has 0 aliphatic carbocycles. The molecule has 3 aromatic rings. The van der Waals surface area contributed by atoms with Gasteiger partial charge in [-0.1, -0.05) is 42.0 Å². The van der Waals surface area contributed by atoms with E-state index in [0.717, 1.165) is 17.4 Å². The van der Waals surface area contributed by atoms with E-state index in [2.05, 4.69) is 0 Å². The summed E-state index contributed by atoms with van der Waals surface area (Å²) >= 11 is 0. The molecule has 0 fully saturated rings. The zero-order valence-corrected chi connectivity index (χ0v) is 16.2. The number of rotatable bonds is 4. The molecule has 1 aliphatic heterocycles. The molecule has 0 amide bonds. The zero-order valence-electron chi connectivity index (χ0n) is 15.4. The molecule has 0 spiro atoms. The second kappa shape index (κ2) is 6.80. The van der Waals surface area contributed by atoms with Gasteiger partial charge in [-0.15, -0.1) is 0 Å². The molecule has 0 saturated heterocycles. The fraction of sp³-hybridized carbons (Fsp3) is 0.136. The number of sulfone groups is 1. The topological polar surface area (TPSA) is 69.7 Å². The van der Waals surface area contributed by atoms with Gasteiger partial charge in [0.15, 0.2) is 27.1 Å². The summed E-state index contributed by atoms with van der Waals surface area (Å²) in [6.07, 6.45) is 1.16. The van der Waals surface area contributed by atoms with Crippen molar-refractivity contribution in [2.24, 2.45) is 0 Å². The highest BCUT2D eigenvalue weighted by Gasteiger charge is 2.23. The Morgan fingerprint density at radius 3 is 2.11 bits per heavy atom. The molecule has 0 radical (unpaired) electrons. The van der Waals surface area contributed by atoms with E-state index in [1.54, 1.807) is 36.4 Å². The van der Waals surface area contributed by atoms with Crippen LogP contribution in [0.5, 0.6) is 11.5 Å². The van der Waals surface area contributed by atoms with Gasteiger partial charge in [-0.3, -0.25) is 4.79 Å². The number of aryl methyl sites for hydroxylation is 1. The molecule has 0 N–H and O–H groups in total. The monoisotopic (exact) mass is 394 g/mol. The Morgan fingerprint density at radius 2 is 1.50 bits per heavy atom. The van der Waals surface area contributed by atoms with Gasteiger partial charge >= 0.3 is 0 Å². The first-order valence-electron chi connectivity index (χ1n) is 8.68. The molecule has 1 aliphatic rings. The molecule has 142 valence electrons. The zero-order chi connectivity index (χ0) is 19.9. The number of carbonyl (C=O) groups excluding carboxylic acids is 1. The molecule has 1 heterocycles. The van der Waals surface area contributed by atoms with E-state index in [9.17, 15) is 13.2 Å². The summed E-state index contributed by atoms with van der Waals surface area (Å²) in [7, 11) is -3.30. The van der Waals surface area contributed by atoms with Gasteiger partial charge < -0.3 is 9.47 Å². The van der Waals surface area contributed by atoms with E-state index >= 15 is 0 Å². The average Bonchev–Trinajstić information content (AvgIpc) is 3.14. The Labute approximate surface area is 163 Å². The number of benzene rings is 3. The molecule has 0 atom stereocenters. The van der Waals surface area contributed by atoms with Crippen LogP contribution in [0.15, 0.2) is 65.6 Å². The van der Waals surface area contributed by atoms with Crippen LogP contribution in [0.4, 0.5) is 0 Å². The molecule has 4 rings (SSSR count).